The van der Waals surface area contributed by atoms with Gasteiger partial charge in [0, 0.05) is 6.54 Å². The van der Waals surface area contributed by atoms with Crippen LogP contribution < -0.4 is 0 Å². The number of nitrogens with zero attached hydrogens (tertiary/aromatic N) is 2. The molecular formula is C19H24N2O3. The second-order valence-corrected chi connectivity index (χ2v) is 7.54. The predicted octanol–water partition coefficient (Wildman–Crippen LogP) is 2.15. The van der Waals surface area contributed by atoms with E-state index in [1.54, 1.807) is 0 Å². The lowest BCUT2D eigenvalue weighted by Crippen LogP contribution is -2.66. The molecule has 1 saturated carbocycles. The first kappa shape index (κ1) is 15.6. The molecule has 3 aliphatic rings. The molecular weight excluding hydrogens is 304 g/mol. The number of rotatable bonds is 5. The van der Waals surface area contributed by atoms with Crippen LogP contribution in [0.25, 0.3) is 0 Å². The summed E-state index contributed by atoms with van der Waals surface area (Å²) in [6.07, 6.45) is 4.01. The van der Waals surface area contributed by atoms with Crippen LogP contribution in [0.15, 0.2) is 30.3 Å². The van der Waals surface area contributed by atoms with E-state index in [-0.39, 0.29) is 18.0 Å². The van der Waals surface area contributed by atoms with E-state index in [0.717, 1.165) is 19.4 Å². The average molecular weight is 328 g/mol. The fourth-order valence-electron chi connectivity index (χ4n) is 4.44. The van der Waals surface area contributed by atoms with Gasteiger partial charge in [0.1, 0.15) is 0 Å². The van der Waals surface area contributed by atoms with Crippen molar-refractivity contribution >= 4 is 11.9 Å². The van der Waals surface area contributed by atoms with Crippen LogP contribution >= 0.6 is 0 Å². The highest BCUT2D eigenvalue weighted by atomic mass is 16.4. The zero-order valence-corrected chi connectivity index (χ0v) is 13.9. The van der Waals surface area contributed by atoms with Gasteiger partial charge >= 0.3 is 5.97 Å². The lowest BCUT2D eigenvalue weighted by molar-refractivity contribution is -0.181. The van der Waals surface area contributed by atoms with Gasteiger partial charge in [0.2, 0.25) is 5.91 Å². The summed E-state index contributed by atoms with van der Waals surface area (Å²) < 4.78 is 0. The van der Waals surface area contributed by atoms with E-state index in [0.29, 0.717) is 24.9 Å². The second kappa shape index (κ2) is 5.88. The van der Waals surface area contributed by atoms with Crippen LogP contribution in [0.2, 0.25) is 0 Å². The number of carbonyl (C=O) groups excluding carboxylic acids is 1. The number of benzene rings is 1. The number of carbonyl (C=O) groups is 2. The number of β-lactam (4-membered cyclic amide) rings is 1. The summed E-state index contributed by atoms with van der Waals surface area (Å²) in [6.45, 7) is 2.35. The van der Waals surface area contributed by atoms with Crippen LogP contribution in [-0.4, -0.2) is 53.0 Å². The van der Waals surface area contributed by atoms with Gasteiger partial charge in [-0.2, -0.15) is 0 Å². The van der Waals surface area contributed by atoms with Gasteiger partial charge in [0.15, 0.2) is 0 Å². The summed E-state index contributed by atoms with van der Waals surface area (Å²) in [4.78, 5) is 28.0. The van der Waals surface area contributed by atoms with E-state index < -0.39 is 5.97 Å². The topological polar surface area (TPSA) is 60.9 Å². The zero-order chi connectivity index (χ0) is 16.7. The molecule has 0 radical (unpaired) electrons. The number of piperidine rings is 1. The maximum Gasteiger partial charge on any atom is 0.317 e. The van der Waals surface area contributed by atoms with E-state index in [9.17, 15) is 9.59 Å². The molecule has 2 aliphatic heterocycles. The first-order valence-electron chi connectivity index (χ1n) is 8.90. The average Bonchev–Trinajstić information content (AvgIpc) is 3.40. The van der Waals surface area contributed by atoms with E-state index in [1.165, 1.54) is 18.4 Å². The second-order valence-electron chi connectivity index (χ2n) is 7.54. The summed E-state index contributed by atoms with van der Waals surface area (Å²) in [5, 5.41) is 8.98. The fraction of sp³-hybridized carbons (Fsp3) is 0.579. The minimum atomic E-state index is -0.791. The summed E-state index contributed by atoms with van der Waals surface area (Å²) in [5.74, 6) is 0.184. The summed E-state index contributed by atoms with van der Waals surface area (Å²) in [5.41, 5.74) is 0.912. The van der Waals surface area contributed by atoms with Crippen LogP contribution in [0.1, 0.15) is 37.3 Å². The molecule has 1 N–H and O–H groups in total. The number of aliphatic carboxylic acids is 1. The van der Waals surface area contributed by atoms with Gasteiger partial charge in [0.05, 0.1) is 18.0 Å². The molecule has 5 nitrogen and oxygen atoms in total. The zero-order valence-electron chi connectivity index (χ0n) is 13.9. The Morgan fingerprint density at radius 2 is 1.83 bits per heavy atom. The maximum atomic E-state index is 13.0. The molecule has 1 amide bonds. The number of carboxylic acid groups (broad SMARTS) is 1. The highest BCUT2D eigenvalue weighted by molar-refractivity contribution is 5.91. The van der Waals surface area contributed by atoms with E-state index in [2.05, 4.69) is 17.0 Å². The Hall–Kier alpha value is -1.88. The molecule has 1 aromatic carbocycles. The first-order chi connectivity index (χ1) is 11.6. The molecule has 1 aromatic rings. The highest BCUT2D eigenvalue weighted by Crippen LogP contribution is 2.56. The number of carboxylic acids is 1. The largest absolute Gasteiger partial charge is 0.480 e. The van der Waals surface area contributed by atoms with Crippen LogP contribution in [0.3, 0.4) is 0 Å². The predicted molar refractivity (Wildman–Crippen MR) is 89.4 cm³/mol. The van der Waals surface area contributed by atoms with Gasteiger partial charge in [0.25, 0.3) is 0 Å². The number of hydrogen-bond acceptors (Lipinski definition) is 3. The molecule has 5 heteroatoms. The quantitative estimate of drug-likeness (QED) is 0.841. The molecule has 2 heterocycles. The van der Waals surface area contributed by atoms with Gasteiger partial charge in [-0.3, -0.25) is 14.5 Å². The van der Waals surface area contributed by atoms with Crippen molar-refractivity contribution in [1.82, 2.24) is 9.80 Å². The first-order valence-corrected chi connectivity index (χ1v) is 8.90. The molecule has 0 aromatic heterocycles. The Kier molecular flexibility index (Phi) is 3.83. The van der Waals surface area contributed by atoms with Crippen molar-refractivity contribution in [2.24, 2.45) is 11.3 Å². The lowest BCUT2D eigenvalue weighted by Gasteiger charge is -2.59. The van der Waals surface area contributed by atoms with E-state index in [4.69, 9.17) is 5.11 Å². The van der Waals surface area contributed by atoms with Crippen molar-refractivity contribution in [2.75, 3.05) is 26.2 Å². The van der Waals surface area contributed by atoms with Crippen LogP contribution in [0.4, 0.5) is 0 Å². The van der Waals surface area contributed by atoms with Gasteiger partial charge in [-0.1, -0.05) is 30.3 Å². The highest BCUT2D eigenvalue weighted by Gasteiger charge is 2.61. The van der Waals surface area contributed by atoms with Crippen molar-refractivity contribution in [1.29, 1.82) is 0 Å². The third kappa shape index (κ3) is 2.61. The monoisotopic (exact) mass is 328 g/mol. The number of likely N-dealkylation sites (tertiary alicyclic amines) is 2. The molecule has 1 aliphatic carbocycles. The molecule has 1 spiro atoms. The Morgan fingerprint density at radius 3 is 2.42 bits per heavy atom. The van der Waals surface area contributed by atoms with E-state index >= 15 is 0 Å². The summed E-state index contributed by atoms with van der Waals surface area (Å²) in [6, 6.07) is 10.5. The minimum absolute atomic E-state index is 0.0755. The number of hydrogen-bond donors (Lipinski definition) is 1. The van der Waals surface area contributed by atoms with Crippen molar-refractivity contribution in [3.05, 3.63) is 35.9 Å². The van der Waals surface area contributed by atoms with Crippen molar-refractivity contribution in [2.45, 2.75) is 31.7 Å². The van der Waals surface area contributed by atoms with Gasteiger partial charge in [-0.15, -0.1) is 0 Å². The molecule has 4 rings (SSSR count). The molecule has 2 saturated heterocycles. The van der Waals surface area contributed by atoms with Crippen molar-refractivity contribution < 1.29 is 14.7 Å². The fourth-order valence-corrected chi connectivity index (χ4v) is 4.44. The molecule has 1 unspecified atom stereocenters. The number of amides is 1. The Labute approximate surface area is 142 Å². The van der Waals surface area contributed by atoms with Crippen LogP contribution in [0, 0.1) is 11.3 Å². The summed E-state index contributed by atoms with van der Waals surface area (Å²) in [7, 11) is 0. The molecule has 128 valence electrons. The normalized spacial score (nSPS) is 26.4. The Morgan fingerprint density at radius 1 is 1.17 bits per heavy atom. The standard InChI is InChI=1S/C19H24N2O3/c22-16(23)13-20-10-8-19(9-11-20)17(15-4-2-1-3-5-15)21(18(19)24)12-14-6-7-14/h1-5,14,17H,6-13H2,(H,22,23). The van der Waals surface area contributed by atoms with Gasteiger partial charge in [-0.05, 0) is 50.3 Å². The molecule has 24 heavy (non-hydrogen) atoms. The molecule has 1 atom stereocenters. The maximum absolute atomic E-state index is 13.0. The van der Waals surface area contributed by atoms with Crippen LogP contribution in [0.5, 0.6) is 0 Å². The molecule has 0 bridgehead atoms. The molecule has 3 fully saturated rings. The van der Waals surface area contributed by atoms with Gasteiger partial charge < -0.3 is 10.0 Å². The minimum Gasteiger partial charge on any atom is -0.480 e. The Bertz CT molecular complexity index is 633. The van der Waals surface area contributed by atoms with Gasteiger partial charge in [-0.25, -0.2) is 0 Å². The third-order valence-corrected chi connectivity index (χ3v) is 5.90. The third-order valence-electron chi connectivity index (χ3n) is 5.90. The van der Waals surface area contributed by atoms with Crippen molar-refractivity contribution in [3.8, 4) is 0 Å². The van der Waals surface area contributed by atoms with Crippen molar-refractivity contribution in [3.63, 3.8) is 0 Å². The lowest BCUT2D eigenvalue weighted by atomic mass is 9.62. The summed E-state index contributed by atoms with van der Waals surface area (Å²) >= 11 is 0. The van der Waals surface area contributed by atoms with Crippen LogP contribution in [-0.2, 0) is 9.59 Å². The SMILES string of the molecule is O=C(O)CN1CCC2(CC1)C(=O)N(CC1CC1)C2c1ccccc1. The smallest absolute Gasteiger partial charge is 0.317 e. The van der Waals surface area contributed by atoms with E-state index in [1.807, 2.05) is 23.1 Å². The Balaban J connectivity index is 1.55.